The maximum Gasteiger partial charge on any atom is 0.232 e. The molecule has 6 nitrogen and oxygen atoms in total. The molecule has 0 N–H and O–H groups in total. The Labute approximate surface area is 268 Å². The quantitative estimate of drug-likeness (QED) is 0.210. The number of ether oxygens (including phenoxy) is 1. The second kappa shape index (κ2) is 11.9. The molecule has 2 bridgehead atoms. The van der Waals surface area contributed by atoms with Crippen molar-refractivity contribution in [2.75, 3.05) is 26.7 Å². The van der Waals surface area contributed by atoms with Gasteiger partial charge in [0.25, 0.3) is 0 Å². The van der Waals surface area contributed by atoms with E-state index in [0.29, 0.717) is 18.1 Å². The molecule has 236 valence electrons. The number of benzene rings is 3. The Hall–Kier alpha value is -3.64. The third-order valence-electron chi connectivity index (χ3n) is 11.6. The molecule has 3 fully saturated rings. The van der Waals surface area contributed by atoms with Crippen molar-refractivity contribution in [2.45, 2.75) is 94.7 Å². The molecule has 0 unspecified atom stereocenters. The van der Waals surface area contributed by atoms with E-state index >= 15 is 0 Å². The van der Waals surface area contributed by atoms with Gasteiger partial charge in [0.2, 0.25) is 5.91 Å². The van der Waals surface area contributed by atoms with E-state index in [1.165, 1.54) is 36.8 Å². The summed E-state index contributed by atoms with van der Waals surface area (Å²) in [6.07, 6.45) is 8.16. The fourth-order valence-electron chi connectivity index (χ4n) is 8.93. The molecule has 0 aliphatic carbocycles. The van der Waals surface area contributed by atoms with Crippen molar-refractivity contribution in [1.82, 2.24) is 19.4 Å². The average Bonchev–Trinajstić information content (AvgIpc) is 3.54. The number of hydrogen-bond donors (Lipinski definition) is 0. The van der Waals surface area contributed by atoms with Crippen LogP contribution in [0.25, 0.3) is 11.0 Å². The van der Waals surface area contributed by atoms with Gasteiger partial charge in [0.1, 0.15) is 11.6 Å². The molecule has 6 heteroatoms. The van der Waals surface area contributed by atoms with Crippen LogP contribution < -0.4 is 4.74 Å². The van der Waals surface area contributed by atoms with E-state index in [2.05, 4.69) is 89.7 Å². The molecule has 3 atom stereocenters. The smallest absolute Gasteiger partial charge is 0.232 e. The van der Waals surface area contributed by atoms with Gasteiger partial charge in [-0.2, -0.15) is 0 Å². The SMILES string of the molecule is COc1cccc(C(C)(C)C(=O)N2CCC(CCN3[C@@H]4CC[C@H]3C[C@@H](n3c(C)nc5ccccc53)C4)(c3ccccc3)CC2)c1. The van der Waals surface area contributed by atoms with Crippen molar-refractivity contribution >= 4 is 16.9 Å². The number of piperidine rings is 2. The number of likely N-dealkylation sites (tertiary alicyclic amines) is 1. The highest BCUT2D eigenvalue weighted by molar-refractivity contribution is 5.87. The minimum Gasteiger partial charge on any atom is -0.497 e. The van der Waals surface area contributed by atoms with E-state index in [-0.39, 0.29) is 11.3 Å². The first-order valence-electron chi connectivity index (χ1n) is 17.0. The zero-order valence-electron chi connectivity index (χ0n) is 27.4. The molecule has 0 spiro atoms. The largest absolute Gasteiger partial charge is 0.497 e. The summed E-state index contributed by atoms with van der Waals surface area (Å²) in [5, 5.41) is 0. The molecule has 1 amide bonds. The van der Waals surface area contributed by atoms with Gasteiger partial charge in [0.15, 0.2) is 0 Å². The van der Waals surface area contributed by atoms with Crippen molar-refractivity contribution in [3.8, 4) is 5.75 Å². The van der Waals surface area contributed by atoms with E-state index < -0.39 is 5.41 Å². The van der Waals surface area contributed by atoms with Crippen LogP contribution in [0.1, 0.15) is 81.8 Å². The van der Waals surface area contributed by atoms with Crippen LogP contribution in [0.4, 0.5) is 0 Å². The van der Waals surface area contributed by atoms with Gasteiger partial charge in [-0.05, 0) is 113 Å². The van der Waals surface area contributed by atoms with Crippen molar-refractivity contribution in [1.29, 1.82) is 0 Å². The van der Waals surface area contributed by atoms with Gasteiger partial charge in [-0.3, -0.25) is 9.69 Å². The van der Waals surface area contributed by atoms with Crippen LogP contribution in [-0.4, -0.2) is 64.1 Å². The molecule has 3 saturated heterocycles. The summed E-state index contributed by atoms with van der Waals surface area (Å²) in [5.41, 5.74) is 4.32. The molecular weight excluding hydrogens is 556 g/mol. The number of imidazole rings is 1. The highest BCUT2D eigenvalue weighted by Crippen LogP contribution is 2.45. The number of aromatic nitrogens is 2. The minimum absolute atomic E-state index is 0.0889. The predicted molar refractivity (Wildman–Crippen MR) is 181 cm³/mol. The lowest BCUT2D eigenvalue weighted by Crippen LogP contribution is -2.52. The van der Waals surface area contributed by atoms with E-state index in [1.54, 1.807) is 7.11 Å². The van der Waals surface area contributed by atoms with Crippen molar-refractivity contribution in [3.63, 3.8) is 0 Å². The van der Waals surface area contributed by atoms with Crippen LogP contribution in [0.3, 0.4) is 0 Å². The first-order chi connectivity index (χ1) is 21.8. The van der Waals surface area contributed by atoms with Crippen LogP contribution in [0.15, 0.2) is 78.9 Å². The van der Waals surface area contributed by atoms with Crippen molar-refractivity contribution in [3.05, 3.63) is 95.8 Å². The molecule has 0 radical (unpaired) electrons. The molecule has 0 saturated carbocycles. The molecule has 4 aromatic rings. The van der Waals surface area contributed by atoms with Gasteiger partial charge in [0.05, 0.1) is 23.6 Å². The summed E-state index contributed by atoms with van der Waals surface area (Å²) in [4.78, 5) is 23.8. The number of fused-ring (bicyclic) bond motifs is 3. The Morgan fingerprint density at radius 2 is 1.60 bits per heavy atom. The summed E-state index contributed by atoms with van der Waals surface area (Å²) >= 11 is 0. The van der Waals surface area contributed by atoms with E-state index in [9.17, 15) is 4.79 Å². The summed E-state index contributed by atoms with van der Waals surface area (Å²) in [6, 6.07) is 29.5. The van der Waals surface area contributed by atoms with E-state index in [0.717, 1.165) is 61.6 Å². The van der Waals surface area contributed by atoms with E-state index in [4.69, 9.17) is 9.72 Å². The van der Waals surface area contributed by atoms with Crippen LogP contribution in [-0.2, 0) is 15.6 Å². The van der Waals surface area contributed by atoms with Crippen molar-refractivity contribution < 1.29 is 9.53 Å². The van der Waals surface area contributed by atoms with Crippen LogP contribution in [0.5, 0.6) is 5.75 Å². The maximum absolute atomic E-state index is 14.0. The molecule has 7 rings (SSSR count). The van der Waals surface area contributed by atoms with Crippen LogP contribution in [0.2, 0.25) is 0 Å². The highest BCUT2D eigenvalue weighted by atomic mass is 16.5. The van der Waals surface area contributed by atoms with Gasteiger partial charge in [-0.15, -0.1) is 0 Å². The van der Waals surface area contributed by atoms with Gasteiger partial charge in [0, 0.05) is 31.2 Å². The fraction of sp³-hybridized carbons (Fsp3) is 0.487. The lowest BCUT2D eigenvalue weighted by atomic mass is 9.69. The molecule has 1 aromatic heterocycles. The van der Waals surface area contributed by atoms with Gasteiger partial charge < -0.3 is 14.2 Å². The number of para-hydroxylation sites is 2. The monoisotopic (exact) mass is 604 g/mol. The zero-order chi connectivity index (χ0) is 31.2. The lowest BCUT2D eigenvalue weighted by molar-refractivity contribution is -0.138. The van der Waals surface area contributed by atoms with Gasteiger partial charge >= 0.3 is 0 Å². The summed E-state index contributed by atoms with van der Waals surface area (Å²) in [6.45, 7) is 9.00. The Balaban J connectivity index is 1.06. The summed E-state index contributed by atoms with van der Waals surface area (Å²) in [5.74, 6) is 2.15. The van der Waals surface area contributed by atoms with Gasteiger partial charge in [-0.25, -0.2) is 4.98 Å². The topological polar surface area (TPSA) is 50.6 Å². The number of carbonyl (C=O) groups is 1. The molecule has 4 heterocycles. The second-order valence-electron chi connectivity index (χ2n) is 14.3. The number of hydrogen-bond acceptors (Lipinski definition) is 4. The lowest BCUT2D eigenvalue weighted by Gasteiger charge is -2.46. The highest BCUT2D eigenvalue weighted by Gasteiger charge is 2.45. The number of methoxy groups -OCH3 is 1. The number of carbonyl (C=O) groups excluding carboxylic acids is 1. The number of aryl methyl sites for hydroxylation is 1. The second-order valence-corrected chi connectivity index (χ2v) is 14.3. The van der Waals surface area contributed by atoms with E-state index in [1.807, 2.05) is 24.3 Å². The number of rotatable bonds is 8. The molecule has 3 aromatic carbocycles. The fourth-order valence-corrected chi connectivity index (χ4v) is 8.93. The first kappa shape index (κ1) is 30.0. The Morgan fingerprint density at radius 3 is 2.31 bits per heavy atom. The van der Waals surface area contributed by atoms with Gasteiger partial charge in [-0.1, -0.05) is 54.6 Å². The van der Waals surface area contributed by atoms with Crippen LogP contribution >= 0.6 is 0 Å². The average molecular weight is 605 g/mol. The molecular formula is C39H48N4O2. The molecule has 3 aliphatic rings. The Bertz CT molecular complexity index is 1640. The summed E-state index contributed by atoms with van der Waals surface area (Å²) in [7, 11) is 1.68. The maximum atomic E-state index is 14.0. The Kier molecular flexibility index (Phi) is 7.97. The van der Waals surface area contributed by atoms with Crippen LogP contribution in [0, 0.1) is 6.92 Å². The number of nitrogens with zero attached hydrogens (tertiary/aromatic N) is 4. The minimum atomic E-state index is -0.607. The zero-order valence-corrected chi connectivity index (χ0v) is 27.4. The Morgan fingerprint density at radius 1 is 0.911 bits per heavy atom. The third-order valence-corrected chi connectivity index (χ3v) is 11.6. The predicted octanol–water partition coefficient (Wildman–Crippen LogP) is 7.45. The first-order valence-corrected chi connectivity index (χ1v) is 17.0. The molecule has 45 heavy (non-hydrogen) atoms. The standard InChI is InChI=1S/C39H48N4O2/c1-28-40-35-15-8-9-16-36(35)43(28)33-26-31-17-18-32(27-33)42(31)24-21-39(29-11-6-5-7-12-29)19-22-41(23-20-39)37(44)38(2,3)30-13-10-14-34(25-30)45-4/h5-16,25,31-33H,17-24,26-27H2,1-4H3/t31-,32+,33+. The van der Waals surface area contributed by atoms with Crippen molar-refractivity contribution in [2.24, 2.45) is 0 Å². The normalized spacial score (nSPS) is 23.4. The summed E-state index contributed by atoms with van der Waals surface area (Å²) < 4.78 is 7.99. The molecule has 3 aliphatic heterocycles. The third kappa shape index (κ3) is 5.45. The number of amides is 1.